The molecule has 0 saturated carbocycles. The molecule has 1 aromatic heterocycles. The molecule has 0 aliphatic carbocycles. The van der Waals surface area contributed by atoms with Crippen molar-refractivity contribution in [3.63, 3.8) is 0 Å². The summed E-state index contributed by atoms with van der Waals surface area (Å²) in [5.74, 6) is 1.05. The Morgan fingerprint density at radius 3 is 2.57 bits per heavy atom. The molecule has 3 heterocycles. The Bertz CT molecular complexity index is 778. The van der Waals surface area contributed by atoms with Gasteiger partial charge >= 0.3 is 0 Å². The first-order valence-electron chi connectivity index (χ1n) is 11.5. The standard InChI is InChI=1S/C24H34N4O2/c29-23(25-12-7-15-27-13-5-2-6-14-27)20-10-16-28(17-11-20)18-22-19-30-24(26-22)21-8-3-1-4-9-21/h1,3-4,8-9,19-20H,2,5-7,10-18H2,(H,25,29). The first-order chi connectivity index (χ1) is 14.8. The van der Waals surface area contributed by atoms with Crippen LogP contribution in [0.1, 0.15) is 44.2 Å². The van der Waals surface area contributed by atoms with Crippen molar-refractivity contribution in [2.45, 2.75) is 45.1 Å². The lowest BCUT2D eigenvalue weighted by molar-refractivity contribution is -0.126. The first-order valence-corrected chi connectivity index (χ1v) is 11.5. The van der Waals surface area contributed by atoms with Crippen LogP contribution in [-0.2, 0) is 11.3 Å². The predicted octanol–water partition coefficient (Wildman–Crippen LogP) is 3.55. The molecule has 0 unspecified atom stereocenters. The van der Waals surface area contributed by atoms with Crippen molar-refractivity contribution in [1.82, 2.24) is 20.1 Å². The van der Waals surface area contributed by atoms with Gasteiger partial charge in [0.1, 0.15) is 6.26 Å². The molecule has 2 aromatic rings. The lowest BCUT2D eigenvalue weighted by atomic mass is 9.96. The molecule has 0 radical (unpaired) electrons. The summed E-state index contributed by atoms with van der Waals surface area (Å²) < 4.78 is 5.64. The number of aromatic nitrogens is 1. The number of hydrogen-bond donors (Lipinski definition) is 1. The van der Waals surface area contributed by atoms with Gasteiger partial charge in [-0.2, -0.15) is 0 Å². The van der Waals surface area contributed by atoms with Gasteiger partial charge in [0.25, 0.3) is 0 Å². The summed E-state index contributed by atoms with van der Waals surface area (Å²) >= 11 is 0. The van der Waals surface area contributed by atoms with Crippen LogP contribution in [-0.4, -0.2) is 60.0 Å². The minimum atomic E-state index is 0.147. The second kappa shape index (κ2) is 10.7. The molecule has 6 heteroatoms. The Kier molecular flexibility index (Phi) is 7.54. The van der Waals surface area contributed by atoms with Crippen molar-refractivity contribution in [1.29, 1.82) is 0 Å². The lowest BCUT2D eigenvalue weighted by Gasteiger charge is -2.30. The molecular weight excluding hydrogens is 376 g/mol. The van der Waals surface area contributed by atoms with Crippen LogP contribution in [0.3, 0.4) is 0 Å². The van der Waals surface area contributed by atoms with Crippen LogP contribution < -0.4 is 5.32 Å². The molecule has 0 atom stereocenters. The molecule has 2 fully saturated rings. The van der Waals surface area contributed by atoms with E-state index < -0.39 is 0 Å². The summed E-state index contributed by atoms with van der Waals surface area (Å²) in [6.45, 7) is 7.01. The van der Waals surface area contributed by atoms with Crippen molar-refractivity contribution in [3.8, 4) is 11.5 Å². The highest BCUT2D eigenvalue weighted by atomic mass is 16.3. The quantitative estimate of drug-likeness (QED) is 0.675. The fraction of sp³-hybridized carbons (Fsp3) is 0.583. The van der Waals surface area contributed by atoms with Gasteiger partial charge in [0, 0.05) is 24.6 Å². The second-order valence-electron chi connectivity index (χ2n) is 8.61. The number of amides is 1. The van der Waals surface area contributed by atoms with Gasteiger partial charge in [-0.15, -0.1) is 0 Å². The van der Waals surface area contributed by atoms with E-state index in [9.17, 15) is 4.79 Å². The summed E-state index contributed by atoms with van der Waals surface area (Å²) in [7, 11) is 0. The van der Waals surface area contributed by atoms with Crippen LogP contribution >= 0.6 is 0 Å². The van der Waals surface area contributed by atoms with E-state index in [0.29, 0.717) is 5.89 Å². The topological polar surface area (TPSA) is 61.6 Å². The van der Waals surface area contributed by atoms with E-state index in [2.05, 4.69) is 20.1 Å². The minimum Gasteiger partial charge on any atom is -0.444 e. The fourth-order valence-electron chi connectivity index (χ4n) is 4.52. The SMILES string of the molecule is O=C(NCCCN1CCCCC1)C1CCN(Cc2coc(-c3ccccc3)n2)CC1. The van der Waals surface area contributed by atoms with E-state index in [-0.39, 0.29) is 11.8 Å². The van der Waals surface area contributed by atoms with Crippen LogP contribution in [0.4, 0.5) is 0 Å². The number of carbonyl (C=O) groups is 1. The maximum absolute atomic E-state index is 12.5. The number of oxazole rings is 1. The zero-order valence-electron chi connectivity index (χ0n) is 17.9. The summed E-state index contributed by atoms with van der Waals surface area (Å²) in [6.07, 6.45) is 8.67. The number of carbonyl (C=O) groups excluding carboxylic acids is 1. The number of nitrogens with one attached hydrogen (secondary N) is 1. The van der Waals surface area contributed by atoms with Gasteiger partial charge in [-0.1, -0.05) is 24.6 Å². The number of piperidine rings is 2. The summed E-state index contributed by atoms with van der Waals surface area (Å²) in [5, 5.41) is 3.17. The lowest BCUT2D eigenvalue weighted by Crippen LogP contribution is -2.41. The minimum absolute atomic E-state index is 0.147. The van der Waals surface area contributed by atoms with Crippen molar-refractivity contribution >= 4 is 5.91 Å². The Labute approximate surface area is 179 Å². The summed E-state index contributed by atoms with van der Waals surface area (Å²) in [4.78, 5) is 22.0. The van der Waals surface area contributed by atoms with E-state index in [1.165, 1.54) is 32.4 Å². The number of rotatable bonds is 8. The van der Waals surface area contributed by atoms with Gasteiger partial charge < -0.3 is 14.6 Å². The van der Waals surface area contributed by atoms with Crippen LogP contribution in [0.2, 0.25) is 0 Å². The monoisotopic (exact) mass is 410 g/mol. The van der Waals surface area contributed by atoms with Gasteiger partial charge in [0.2, 0.25) is 11.8 Å². The van der Waals surface area contributed by atoms with Gasteiger partial charge in [-0.3, -0.25) is 9.69 Å². The number of likely N-dealkylation sites (tertiary alicyclic amines) is 2. The van der Waals surface area contributed by atoms with E-state index >= 15 is 0 Å². The Hall–Kier alpha value is -2.18. The van der Waals surface area contributed by atoms with Crippen molar-refractivity contribution < 1.29 is 9.21 Å². The largest absolute Gasteiger partial charge is 0.444 e. The third-order valence-corrected chi connectivity index (χ3v) is 6.32. The third kappa shape index (κ3) is 5.92. The predicted molar refractivity (Wildman–Crippen MR) is 118 cm³/mol. The maximum atomic E-state index is 12.5. The molecule has 1 N–H and O–H groups in total. The van der Waals surface area contributed by atoms with Gasteiger partial charge in [0.15, 0.2) is 0 Å². The molecule has 2 aliphatic rings. The zero-order chi connectivity index (χ0) is 20.6. The maximum Gasteiger partial charge on any atom is 0.226 e. The Balaban J connectivity index is 1.14. The van der Waals surface area contributed by atoms with Gasteiger partial charge in [0.05, 0.1) is 5.69 Å². The average Bonchev–Trinajstić information content (AvgIpc) is 3.27. The normalized spacial score (nSPS) is 19.1. The van der Waals surface area contributed by atoms with Crippen molar-refractivity contribution in [2.24, 2.45) is 5.92 Å². The smallest absolute Gasteiger partial charge is 0.226 e. The van der Waals surface area contributed by atoms with Crippen LogP contribution in [0, 0.1) is 5.92 Å². The molecule has 4 rings (SSSR count). The third-order valence-electron chi connectivity index (χ3n) is 6.32. The Morgan fingerprint density at radius 1 is 1.03 bits per heavy atom. The fourth-order valence-corrected chi connectivity index (χ4v) is 4.52. The molecule has 162 valence electrons. The average molecular weight is 411 g/mol. The van der Waals surface area contributed by atoms with Gasteiger partial charge in [-0.05, 0) is 77.0 Å². The second-order valence-corrected chi connectivity index (χ2v) is 8.61. The molecule has 6 nitrogen and oxygen atoms in total. The van der Waals surface area contributed by atoms with Crippen molar-refractivity contribution in [2.75, 3.05) is 39.3 Å². The Morgan fingerprint density at radius 2 is 1.80 bits per heavy atom. The molecule has 1 amide bonds. The molecule has 30 heavy (non-hydrogen) atoms. The van der Waals surface area contributed by atoms with Gasteiger partial charge in [-0.25, -0.2) is 4.98 Å². The molecule has 0 spiro atoms. The van der Waals surface area contributed by atoms with E-state index in [0.717, 1.165) is 63.2 Å². The number of benzene rings is 1. The zero-order valence-corrected chi connectivity index (χ0v) is 17.9. The molecule has 2 aliphatic heterocycles. The molecule has 0 bridgehead atoms. The summed E-state index contributed by atoms with van der Waals surface area (Å²) in [6, 6.07) is 9.98. The van der Waals surface area contributed by atoms with Crippen LogP contribution in [0.5, 0.6) is 0 Å². The highest BCUT2D eigenvalue weighted by Gasteiger charge is 2.25. The van der Waals surface area contributed by atoms with Crippen molar-refractivity contribution in [3.05, 3.63) is 42.3 Å². The molecule has 2 saturated heterocycles. The molecule has 1 aromatic carbocycles. The first kappa shape index (κ1) is 21.1. The number of nitrogens with zero attached hydrogens (tertiary/aromatic N) is 3. The number of hydrogen-bond acceptors (Lipinski definition) is 5. The van der Waals surface area contributed by atoms with E-state index in [4.69, 9.17) is 4.42 Å². The van der Waals surface area contributed by atoms with E-state index in [1.807, 2.05) is 30.3 Å². The van der Waals surface area contributed by atoms with Crippen LogP contribution in [0.15, 0.2) is 41.0 Å². The highest BCUT2D eigenvalue weighted by molar-refractivity contribution is 5.78. The molecular formula is C24H34N4O2. The highest BCUT2D eigenvalue weighted by Crippen LogP contribution is 2.22. The summed E-state index contributed by atoms with van der Waals surface area (Å²) in [5.41, 5.74) is 1.95. The van der Waals surface area contributed by atoms with E-state index in [1.54, 1.807) is 6.26 Å². The van der Waals surface area contributed by atoms with Crippen LogP contribution in [0.25, 0.3) is 11.5 Å².